The molecule has 0 bridgehead atoms. The molecule has 0 aliphatic heterocycles. The van der Waals surface area contributed by atoms with Gasteiger partial charge in [-0.2, -0.15) is 0 Å². The van der Waals surface area contributed by atoms with Gasteiger partial charge in [-0.3, -0.25) is 0 Å². The molecule has 0 saturated heterocycles. The molecule has 0 atom stereocenters. The van der Waals surface area contributed by atoms with Gasteiger partial charge < -0.3 is 0 Å². The van der Waals surface area contributed by atoms with E-state index in [0.29, 0.717) is 10.7 Å². The largest absolute Gasteiger partial charge is 0.233 e. The number of aromatic nitrogens is 1. The third kappa shape index (κ3) is 2.53. The molecule has 5 heteroatoms. The van der Waals surface area contributed by atoms with Crippen LogP contribution in [0.15, 0.2) is 24.3 Å². The number of benzene rings is 1. The Morgan fingerprint density at radius 3 is 2.00 bits per heavy atom. The van der Waals surface area contributed by atoms with Gasteiger partial charge in [0.05, 0.1) is 20.8 Å². The maximum Gasteiger partial charge on any atom is 0.149 e. The average Bonchev–Trinajstić information content (AvgIpc) is 2.32. The lowest BCUT2D eigenvalue weighted by molar-refractivity contribution is 1.32. The third-order valence-corrected chi connectivity index (χ3v) is 3.99. The highest BCUT2D eigenvalue weighted by Gasteiger charge is 2.15. The van der Waals surface area contributed by atoms with Crippen LogP contribution in [0.1, 0.15) is 5.56 Å². The Balaban J connectivity index is 2.64. The van der Waals surface area contributed by atoms with E-state index in [4.69, 9.17) is 46.4 Å². The van der Waals surface area contributed by atoms with Crippen molar-refractivity contribution in [2.45, 2.75) is 6.92 Å². The lowest BCUT2D eigenvalue weighted by Gasteiger charge is -2.08. The monoisotopic (exact) mass is 305 g/mol. The summed E-state index contributed by atoms with van der Waals surface area (Å²) in [5.41, 5.74) is 2.53. The first-order valence-corrected chi connectivity index (χ1v) is 6.29. The smallest absolute Gasteiger partial charge is 0.149 e. The molecule has 0 N–H and O–H groups in total. The first-order valence-electron chi connectivity index (χ1n) is 4.77. The van der Waals surface area contributed by atoms with Crippen LogP contribution in [0.2, 0.25) is 20.2 Å². The molecule has 88 valence electrons. The number of halogens is 4. The van der Waals surface area contributed by atoms with Gasteiger partial charge in [0, 0.05) is 5.56 Å². The Morgan fingerprint density at radius 2 is 1.41 bits per heavy atom. The molecule has 2 rings (SSSR count). The highest BCUT2D eigenvalue weighted by molar-refractivity contribution is 6.52. The number of hydrogen-bond acceptors (Lipinski definition) is 1. The van der Waals surface area contributed by atoms with Crippen LogP contribution >= 0.6 is 46.4 Å². The van der Waals surface area contributed by atoms with Crippen molar-refractivity contribution >= 4 is 46.4 Å². The predicted octanol–water partition coefficient (Wildman–Crippen LogP) is 5.67. The van der Waals surface area contributed by atoms with E-state index in [1.807, 2.05) is 31.2 Å². The quantitative estimate of drug-likeness (QED) is 0.618. The van der Waals surface area contributed by atoms with Crippen LogP contribution in [0.3, 0.4) is 0 Å². The van der Waals surface area contributed by atoms with Gasteiger partial charge in [0.25, 0.3) is 0 Å². The fraction of sp³-hybridized carbons (Fsp3) is 0.0833. The highest BCUT2D eigenvalue weighted by atomic mass is 35.5. The van der Waals surface area contributed by atoms with Gasteiger partial charge in [-0.25, -0.2) is 4.98 Å². The molecule has 0 aliphatic carbocycles. The van der Waals surface area contributed by atoms with E-state index in [-0.39, 0.29) is 15.2 Å². The molecule has 1 aromatic heterocycles. The lowest BCUT2D eigenvalue weighted by atomic mass is 10.1. The molecule has 0 radical (unpaired) electrons. The van der Waals surface area contributed by atoms with Crippen molar-refractivity contribution in [3.63, 3.8) is 0 Å². The summed E-state index contributed by atoms with van der Waals surface area (Å²) >= 11 is 23.8. The van der Waals surface area contributed by atoms with Gasteiger partial charge in [-0.05, 0) is 6.92 Å². The van der Waals surface area contributed by atoms with Crippen molar-refractivity contribution in [1.82, 2.24) is 4.98 Å². The number of nitrogens with zero attached hydrogens (tertiary/aromatic N) is 1. The van der Waals surface area contributed by atoms with Crippen LogP contribution in [-0.2, 0) is 0 Å². The van der Waals surface area contributed by atoms with Crippen LogP contribution < -0.4 is 0 Å². The van der Waals surface area contributed by atoms with Crippen LogP contribution in [0.5, 0.6) is 0 Å². The Hall–Kier alpha value is -0.470. The number of rotatable bonds is 1. The summed E-state index contributed by atoms with van der Waals surface area (Å²) in [7, 11) is 0. The second kappa shape index (κ2) is 5.03. The number of hydrogen-bond donors (Lipinski definition) is 0. The number of aryl methyl sites for hydroxylation is 1. The minimum Gasteiger partial charge on any atom is -0.233 e. The highest BCUT2D eigenvalue weighted by Crippen LogP contribution is 2.39. The van der Waals surface area contributed by atoms with E-state index in [0.717, 1.165) is 11.1 Å². The molecule has 0 saturated carbocycles. The van der Waals surface area contributed by atoms with Gasteiger partial charge in [-0.1, -0.05) is 76.2 Å². The molecule has 0 amide bonds. The Bertz CT molecular complexity index is 564. The minimum absolute atomic E-state index is 0.150. The Kier molecular flexibility index (Phi) is 3.84. The molecular weight excluding hydrogens is 300 g/mol. The second-order valence-corrected chi connectivity index (χ2v) is 5.05. The second-order valence-electron chi connectivity index (χ2n) is 3.56. The zero-order valence-corrected chi connectivity index (χ0v) is 11.8. The summed E-state index contributed by atoms with van der Waals surface area (Å²) in [6, 6.07) is 7.74. The maximum atomic E-state index is 6.11. The van der Waals surface area contributed by atoms with E-state index in [1.54, 1.807) is 0 Å². The van der Waals surface area contributed by atoms with Gasteiger partial charge in [-0.15, -0.1) is 0 Å². The van der Waals surface area contributed by atoms with Gasteiger partial charge in [0.2, 0.25) is 0 Å². The molecule has 1 aromatic carbocycles. The fourth-order valence-electron chi connectivity index (χ4n) is 1.39. The molecule has 0 aliphatic rings. The standard InChI is InChI=1S/C12H7Cl4N/c1-6-2-4-7(5-3-6)11-9(14)8(13)10(15)12(16)17-11/h2-5H,1H3. The SMILES string of the molecule is Cc1ccc(-c2nc(Cl)c(Cl)c(Cl)c2Cl)cc1. The molecule has 1 heterocycles. The van der Waals surface area contributed by atoms with Gasteiger partial charge >= 0.3 is 0 Å². The Labute approximate surface area is 119 Å². The first-order chi connectivity index (χ1) is 8.00. The fourth-order valence-corrected chi connectivity index (χ4v) is 2.23. The molecule has 0 fully saturated rings. The van der Waals surface area contributed by atoms with E-state index in [2.05, 4.69) is 4.98 Å². The molecule has 0 spiro atoms. The van der Waals surface area contributed by atoms with E-state index in [1.165, 1.54) is 0 Å². The summed E-state index contributed by atoms with van der Waals surface area (Å²) in [4.78, 5) is 4.15. The van der Waals surface area contributed by atoms with Gasteiger partial charge in [0.1, 0.15) is 5.15 Å². The third-order valence-electron chi connectivity index (χ3n) is 2.31. The maximum absolute atomic E-state index is 6.11. The average molecular weight is 307 g/mol. The summed E-state index contributed by atoms with van der Waals surface area (Å²) in [5, 5.41) is 0.861. The molecule has 17 heavy (non-hydrogen) atoms. The molecule has 0 unspecified atom stereocenters. The van der Waals surface area contributed by atoms with Crippen LogP contribution in [0.25, 0.3) is 11.3 Å². The zero-order chi connectivity index (χ0) is 12.6. The first kappa shape index (κ1) is 13.0. The number of pyridine rings is 1. The van der Waals surface area contributed by atoms with Crippen molar-refractivity contribution in [2.24, 2.45) is 0 Å². The summed E-state index contributed by atoms with van der Waals surface area (Å²) in [6.45, 7) is 2.00. The van der Waals surface area contributed by atoms with Gasteiger partial charge in [0.15, 0.2) is 0 Å². The van der Waals surface area contributed by atoms with Crippen LogP contribution in [0, 0.1) is 6.92 Å². The lowest BCUT2D eigenvalue weighted by Crippen LogP contribution is -1.89. The molecule has 2 aromatic rings. The van der Waals surface area contributed by atoms with E-state index >= 15 is 0 Å². The normalized spacial score (nSPS) is 10.6. The van der Waals surface area contributed by atoms with Crippen molar-refractivity contribution in [3.8, 4) is 11.3 Å². The van der Waals surface area contributed by atoms with E-state index < -0.39 is 0 Å². The summed E-state index contributed by atoms with van der Waals surface area (Å²) < 4.78 is 0. The Morgan fingerprint density at radius 1 is 0.824 bits per heavy atom. The zero-order valence-electron chi connectivity index (χ0n) is 8.77. The van der Waals surface area contributed by atoms with E-state index in [9.17, 15) is 0 Å². The van der Waals surface area contributed by atoms with Crippen molar-refractivity contribution in [2.75, 3.05) is 0 Å². The minimum atomic E-state index is 0.150. The van der Waals surface area contributed by atoms with Crippen LogP contribution in [0.4, 0.5) is 0 Å². The van der Waals surface area contributed by atoms with Crippen molar-refractivity contribution in [1.29, 1.82) is 0 Å². The molecular formula is C12H7Cl4N. The van der Waals surface area contributed by atoms with Crippen molar-refractivity contribution in [3.05, 3.63) is 50.0 Å². The molecule has 1 nitrogen and oxygen atoms in total. The summed E-state index contributed by atoms with van der Waals surface area (Å²) in [6.07, 6.45) is 0. The van der Waals surface area contributed by atoms with Crippen molar-refractivity contribution < 1.29 is 0 Å². The van der Waals surface area contributed by atoms with Crippen LogP contribution in [-0.4, -0.2) is 4.98 Å². The predicted molar refractivity (Wildman–Crippen MR) is 74.5 cm³/mol. The topological polar surface area (TPSA) is 12.9 Å². The summed E-state index contributed by atoms with van der Waals surface area (Å²) in [5.74, 6) is 0.